The summed E-state index contributed by atoms with van der Waals surface area (Å²) in [5.41, 5.74) is 0.0650. The van der Waals surface area contributed by atoms with Gasteiger partial charge in [0.15, 0.2) is 9.84 Å². The van der Waals surface area contributed by atoms with Crippen LogP contribution in [0.3, 0.4) is 0 Å². The van der Waals surface area contributed by atoms with Gasteiger partial charge in [-0.2, -0.15) is 0 Å². The van der Waals surface area contributed by atoms with Gasteiger partial charge in [-0.1, -0.05) is 11.6 Å². The summed E-state index contributed by atoms with van der Waals surface area (Å²) in [7, 11) is -7.61. The van der Waals surface area contributed by atoms with Crippen LogP contribution in [0.4, 0.5) is 5.69 Å². The summed E-state index contributed by atoms with van der Waals surface area (Å²) in [4.78, 5) is 12.7. The highest BCUT2D eigenvalue weighted by Gasteiger charge is 2.22. The Morgan fingerprint density at radius 3 is 2.23 bits per heavy atom. The maximum Gasteiger partial charge on any atom is 0.261 e. The number of benzene rings is 2. The van der Waals surface area contributed by atoms with Crippen LogP contribution in [0.1, 0.15) is 15.9 Å². The topological polar surface area (TPSA) is 121 Å². The lowest BCUT2D eigenvalue weighted by molar-refractivity contribution is -0.904. The smallest absolute Gasteiger partial charge is 0.261 e. The molecule has 2 N–H and O–H groups in total. The van der Waals surface area contributed by atoms with E-state index in [1.54, 1.807) is 0 Å². The molecule has 0 bridgehead atoms. The predicted octanol–water partition coefficient (Wildman–Crippen LogP) is 2.30. The van der Waals surface area contributed by atoms with Crippen molar-refractivity contribution in [3.63, 3.8) is 0 Å². The SMILES string of the molecule is CS(=O)(=O)c1ccc(S(=O)(=O)Nc2ccc(Cl)cc2C(=O)c2ccc[n+](O)c2)cc1. The number of carbonyl (C=O) groups is 1. The second-order valence-corrected chi connectivity index (χ2v) is 10.5. The van der Waals surface area contributed by atoms with Crippen LogP contribution >= 0.6 is 11.6 Å². The molecule has 156 valence electrons. The number of carbonyl (C=O) groups excluding carboxylic acids is 1. The minimum absolute atomic E-state index is 0.0230. The van der Waals surface area contributed by atoms with Crippen LogP contribution in [-0.4, -0.2) is 34.1 Å². The van der Waals surface area contributed by atoms with E-state index in [9.17, 15) is 26.8 Å². The van der Waals surface area contributed by atoms with E-state index >= 15 is 0 Å². The molecule has 0 aliphatic rings. The summed E-state index contributed by atoms with van der Waals surface area (Å²) in [6, 6.07) is 11.6. The summed E-state index contributed by atoms with van der Waals surface area (Å²) >= 11 is 5.99. The van der Waals surface area contributed by atoms with E-state index in [0.29, 0.717) is 4.73 Å². The molecule has 0 saturated carbocycles. The number of halogens is 1. The zero-order valence-corrected chi connectivity index (χ0v) is 17.9. The molecule has 0 fully saturated rings. The number of anilines is 1. The molecule has 0 atom stereocenters. The van der Waals surface area contributed by atoms with E-state index in [2.05, 4.69) is 4.72 Å². The van der Waals surface area contributed by atoms with Crippen LogP contribution in [-0.2, 0) is 19.9 Å². The van der Waals surface area contributed by atoms with E-state index in [0.717, 1.165) is 18.4 Å². The van der Waals surface area contributed by atoms with Crippen LogP contribution in [0, 0.1) is 0 Å². The summed E-state index contributed by atoms with van der Waals surface area (Å²) in [6.45, 7) is 0. The molecule has 1 heterocycles. The Balaban J connectivity index is 1.99. The number of hydrogen-bond donors (Lipinski definition) is 2. The minimum Gasteiger partial charge on any atom is -0.288 e. The highest BCUT2D eigenvalue weighted by Crippen LogP contribution is 2.26. The molecule has 0 radical (unpaired) electrons. The molecular formula is C19H16ClN2O6S2+. The highest BCUT2D eigenvalue weighted by molar-refractivity contribution is 7.92. The normalized spacial score (nSPS) is 11.8. The van der Waals surface area contributed by atoms with Gasteiger partial charge in [0.2, 0.25) is 18.2 Å². The number of nitrogens with one attached hydrogen (secondary N) is 1. The molecule has 1 aromatic heterocycles. The van der Waals surface area contributed by atoms with Crippen molar-refractivity contribution in [3.8, 4) is 0 Å². The average molecular weight is 468 g/mol. The Hall–Kier alpha value is -2.95. The fraction of sp³-hybridized carbons (Fsp3) is 0.0526. The fourth-order valence-electron chi connectivity index (χ4n) is 2.62. The second-order valence-electron chi connectivity index (χ2n) is 6.34. The monoisotopic (exact) mass is 467 g/mol. The molecular weight excluding hydrogens is 452 g/mol. The van der Waals surface area contributed by atoms with Crippen LogP contribution in [0.5, 0.6) is 0 Å². The Labute approximate surface area is 178 Å². The summed E-state index contributed by atoms with van der Waals surface area (Å²) in [5, 5.41) is 9.75. The molecule has 3 aromatic rings. The van der Waals surface area contributed by atoms with E-state index in [-0.39, 0.29) is 31.6 Å². The van der Waals surface area contributed by atoms with Gasteiger partial charge in [-0.25, -0.2) is 16.8 Å². The summed E-state index contributed by atoms with van der Waals surface area (Å²) < 4.78 is 51.7. The number of pyridine rings is 1. The van der Waals surface area contributed by atoms with Crippen LogP contribution in [0.15, 0.2) is 76.8 Å². The lowest BCUT2D eigenvalue weighted by atomic mass is 10.0. The van der Waals surface area contributed by atoms with Gasteiger partial charge in [-0.3, -0.25) is 14.7 Å². The van der Waals surface area contributed by atoms with Crippen LogP contribution < -0.4 is 9.45 Å². The van der Waals surface area contributed by atoms with Gasteiger partial charge in [0.25, 0.3) is 10.0 Å². The molecule has 11 heteroatoms. The number of ketones is 1. The van der Waals surface area contributed by atoms with Gasteiger partial charge in [0.1, 0.15) is 0 Å². The molecule has 8 nitrogen and oxygen atoms in total. The van der Waals surface area contributed by atoms with Crippen molar-refractivity contribution in [2.24, 2.45) is 0 Å². The van der Waals surface area contributed by atoms with Crippen molar-refractivity contribution in [2.45, 2.75) is 9.79 Å². The van der Waals surface area contributed by atoms with Crippen molar-refractivity contribution in [2.75, 3.05) is 11.0 Å². The van der Waals surface area contributed by atoms with Gasteiger partial charge in [0, 0.05) is 27.6 Å². The summed E-state index contributed by atoms with van der Waals surface area (Å²) in [6.07, 6.45) is 3.50. The van der Waals surface area contributed by atoms with Gasteiger partial charge in [-0.05, 0) is 48.5 Å². The number of rotatable bonds is 6. The van der Waals surface area contributed by atoms with Gasteiger partial charge >= 0.3 is 0 Å². The molecule has 3 rings (SSSR count). The number of sulfone groups is 1. The summed E-state index contributed by atoms with van der Waals surface area (Å²) in [5.74, 6) is -0.564. The lowest BCUT2D eigenvalue weighted by Gasteiger charge is -2.12. The Kier molecular flexibility index (Phi) is 5.84. The third-order valence-corrected chi connectivity index (χ3v) is 6.83. The third kappa shape index (κ3) is 4.78. The number of sulfonamides is 1. The number of hydrogen-bond acceptors (Lipinski definition) is 6. The Morgan fingerprint density at radius 2 is 1.63 bits per heavy atom. The maximum absolute atomic E-state index is 12.9. The first-order valence-electron chi connectivity index (χ1n) is 8.35. The molecule has 0 unspecified atom stereocenters. The van der Waals surface area contributed by atoms with Gasteiger partial charge < -0.3 is 0 Å². The minimum atomic E-state index is -4.13. The quantitative estimate of drug-likeness (QED) is 0.326. The maximum atomic E-state index is 12.9. The van der Waals surface area contributed by atoms with E-state index in [1.165, 1.54) is 54.9 Å². The van der Waals surface area contributed by atoms with Crippen LogP contribution in [0.25, 0.3) is 0 Å². The zero-order chi connectivity index (χ0) is 22.1. The zero-order valence-electron chi connectivity index (χ0n) is 15.5. The van der Waals surface area contributed by atoms with E-state index in [4.69, 9.17) is 11.6 Å². The highest BCUT2D eigenvalue weighted by atomic mass is 35.5. The van der Waals surface area contributed by atoms with Gasteiger partial charge in [-0.15, -0.1) is 0 Å². The van der Waals surface area contributed by atoms with Crippen LogP contribution in [0.2, 0.25) is 5.02 Å². The van der Waals surface area contributed by atoms with E-state index in [1.807, 2.05) is 0 Å². The molecule has 2 aromatic carbocycles. The Morgan fingerprint density at radius 1 is 1.00 bits per heavy atom. The molecule has 0 aliphatic carbocycles. The largest absolute Gasteiger partial charge is 0.288 e. The molecule has 0 saturated heterocycles. The first-order chi connectivity index (χ1) is 14.0. The Bertz CT molecular complexity index is 1340. The lowest BCUT2D eigenvalue weighted by Crippen LogP contribution is -2.29. The first-order valence-corrected chi connectivity index (χ1v) is 12.1. The second kappa shape index (κ2) is 8.05. The molecule has 0 spiro atoms. The number of aromatic nitrogens is 1. The number of nitrogens with zero attached hydrogens (tertiary/aromatic N) is 1. The standard InChI is InChI=1S/C19H15ClN2O6S2/c1-29(25,26)15-5-7-16(8-6-15)30(27,28)21-18-9-4-14(20)11-17(18)19(23)13-3-2-10-22(24)12-13/h2-12H,1H3,(H-,21,23,24)/p+1. The van der Waals surface area contributed by atoms with Crippen molar-refractivity contribution < 1.29 is 31.6 Å². The van der Waals surface area contributed by atoms with E-state index < -0.39 is 25.6 Å². The first kappa shape index (κ1) is 21.8. The van der Waals surface area contributed by atoms with Crippen molar-refractivity contribution in [3.05, 3.63) is 83.1 Å². The fourth-order valence-corrected chi connectivity index (χ4v) is 4.50. The van der Waals surface area contributed by atoms with Crippen molar-refractivity contribution in [1.29, 1.82) is 0 Å². The molecule has 0 aliphatic heterocycles. The predicted molar refractivity (Wildman–Crippen MR) is 109 cm³/mol. The molecule has 0 amide bonds. The van der Waals surface area contributed by atoms with Crippen molar-refractivity contribution >= 4 is 42.9 Å². The van der Waals surface area contributed by atoms with Gasteiger partial charge in [0.05, 0.1) is 21.0 Å². The molecule has 30 heavy (non-hydrogen) atoms. The average Bonchev–Trinajstić information content (AvgIpc) is 2.68. The van der Waals surface area contributed by atoms with Crippen molar-refractivity contribution in [1.82, 2.24) is 0 Å². The third-order valence-electron chi connectivity index (χ3n) is 4.08.